The summed E-state index contributed by atoms with van der Waals surface area (Å²) in [4.78, 5) is 15.4. The lowest BCUT2D eigenvalue weighted by atomic mass is 9.60. The molecule has 0 aliphatic heterocycles. The van der Waals surface area contributed by atoms with Gasteiger partial charge in [-0.15, -0.1) is 0 Å². The van der Waals surface area contributed by atoms with Crippen LogP contribution in [0.25, 0.3) is 0 Å². The maximum atomic E-state index is 10.4. The summed E-state index contributed by atoms with van der Waals surface area (Å²) in [5.74, 6) is 1.45. The van der Waals surface area contributed by atoms with Crippen LogP contribution in [0.5, 0.6) is 0 Å². The lowest BCUT2D eigenvalue weighted by Gasteiger charge is -2.47. The van der Waals surface area contributed by atoms with Gasteiger partial charge >= 0.3 is 5.97 Å². The summed E-state index contributed by atoms with van der Waals surface area (Å²) < 4.78 is 0. The van der Waals surface area contributed by atoms with Crippen LogP contribution in [0.15, 0.2) is 11.3 Å². The van der Waals surface area contributed by atoms with Crippen molar-refractivity contribution >= 4 is 5.97 Å². The molecule has 0 saturated heterocycles. The molecule has 0 aromatic carbocycles. The molecular formula is C12H17NO3. The Kier molecular flexibility index (Phi) is 2.39. The van der Waals surface area contributed by atoms with E-state index in [1.54, 1.807) is 0 Å². The Morgan fingerprint density at radius 3 is 2.56 bits per heavy atom. The third kappa shape index (κ3) is 1.71. The molecule has 4 aliphatic rings. The van der Waals surface area contributed by atoms with Gasteiger partial charge in [0.05, 0.1) is 0 Å². The number of nitrogens with one attached hydrogen (secondary N) is 1. The second kappa shape index (κ2) is 3.77. The highest BCUT2D eigenvalue weighted by Gasteiger charge is 2.41. The maximum Gasteiger partial charge on any atom is 0.332 e. The number of hydroxylamine groups is 1. The number of carboxylic acid groups (broad SMARTS) is 1. The SMILES string of the molecule is O=C(O)CONC1=C2C[C@@H]3CC1C[C@H](C2)C3. The van der Waals surface area contributed by atoms with Crippen LogP contribution >= 0.6 is 0 Å². The van der Waals surface area contributed by atoms with Gasteiger partial charge in [-0.3, -0.25) is 10.3 Å². The van der Waals surface area contributed by atoms with Crippen LogP contribution in [-0.2, 0) is 9.63 Å². The molecule has 4 heteroatoms. The zero-order valence-electron chi connectivity index (χ0n) is 9.24. The Hall–Kier alpha value is -1.03. The molecule has 0 aromatic rings. The Balaban J connectivity index is 1.68. The third-order valence-electron chi connectivity index (χ3n) is 4.14. The van der Waals surface area contributed by atoms with E-state index in [1.807, 2.05) is 0 Å². The van der Waals surface area contributed by atoms with Crippen molar-refractivity contribution in [2.24, 2.45) is 17.8 Å². The van der Waals surface area contributed by atoms with Crippen molar-refractivity contribution in [2.75, 3.05) is 6.61 Å². The maximum absolute atomic E-state index is 10.4. The van der Waals surface area contributed by atoms with E-state index in [4.69, 9.17) is 9.94 Å². The Labute approximate surface area is 94.6 Å². The van der Waals surface area contributed by atoms with Crippen LogP contribution < -0.4 is 5.48 Å². The fraction of sp³-hybridized carbons (Fsp3) is 0.750. The van der Waals surface area contributed by atoms with Crippen molar-refractivity contribution in [3.63, 3.8) is 0 Å². The van der Waals surface area contributed by atoms with E-state index in [1.165, 1.54) is 43.4 Å². The van der Waals surface area contributed by atoms with Crippen molar-refractivity contribution in [2.45, 2.75) is 32.1 Å². The molecule has 0 amide bonds. The minimum atomic E-state index is -0.929. The second-order valence-electron chi connectivity index (χ2n) is 5.35. The van der Waals surface area contributed by atoms with Crippen molar-refractivity contribution in [3.05, 3.63) is 11.3 Å². The topological polar surface area (TPSA) is 58.6 Å². The van der Waals surface area contributed by atoms with Gasteiger partial charge < -0.3 is 5.11 Å². The van der Waals surface area contributed by atoms with Crippen LogP contribution in [0.2, 0.25) is 0 Å². The summed E-state index contributed by atoms with van der Waals surface area (Å²) >= 11 is 0. The zero-order valence-corrected chi connectivity index (χ0v) is 9.24. The molecule has 0 heterocycles. The highest BCUT2D eigenvalue weighted by atomic mass is 16.7. The Morgan fingerprint density at radius 1 is 1.31 bits per heavy atom. The van der Waals surface area contributed by atoms with Gasteiger partial charge in [0.25, 0.3) is 0 Å². The highest BCUT2D eigenvalue weighted by molar-refractivity contribution is 5.67. The van der Waals surface area contributed by atoms with Crippen molar-refractivity contribution in [1.82, 2.24) is 5.48 Å². The summed E-state index contributed by atoms with van der Waals surface area (Å²) in [7, 11) is 0. The molecule has 16 heavy (non-hydrogen) atoms. The molecule has 2 saturated carbocycles. The largest absolute Gasteiger partial charge is 0.479 e. The highest BCUT2D eigenvalue weighted by Crippen LogP contribution is 2.52. The Morgan fingerprint density at radius 2 is 2.00 bits per heavy atom. The van der Waals surface area contributed by atoms with E-state index in [-0.39, 0.29) is 6.61 Å². The van der Waals surface area contributed by atoms with Gasteiger partial charge in [0.1, 0.15) is 0 Å². The average molecular weight is 223 g/mol. The molecule has 1 unspecified atom stereocenters. The first-order chi connectivity index (χ1) is 7.72. The quantitative estimate of drug-likeness (QED) is 0.712. The number of allylic oxidation sites excluding steroid dienone is 2. The average Bonchev–Trinajstić information content (AvgIpc) is 2.20. The number of hydrogen-bond donors (Lipinski definition) is 2. The molecule has 0 aromatic heterocycles. The van der Waals surface area contributed by atoms with Gasteiger partial charge in [-0.1, -0.05) is 0 Å². The molecule has 3 atom stereocenters. The molecule has 4 nitrogen and oxygen atoms in total. The number of carboxylic acids is 1. The van der Waals surface area contributed by atoms with E-state index in [9.17, 15) is 4.79 Å². The van der Waals surface area contributed by atoms with Gasteiger partial charge in [-0.2, -0.15) is 0 Å². The summed E-state index contributed by atoms with van der Waals surface area (Å²) in [6, 6.07) is 0. The predicted molar refractivity (Wildman–Crippen MR) is 57.3 cm³/mol. The minimum absolute atomic E-state index is 0.268. The molecule has 4 bridgehead atoms. The van der Waals surface area contributed by atoms with Crippen LogP contribution in [0.3, 0.4) is 0 Å². The summed E-state index contributed by atoms with van der Waals surface area (Å²) in [5.41, 5.74) is 5.59. The van der Waals surface area contributed by atoms with Gasteiger partial charge in [-0.25, -0.2) is 4.79 Å². The molecule has 0 spiro atoms. The number of aliphatic carboxylic acids is 1. The van der Waals surface area contributed by atoms with Crippen LogP contribution in [-0.4, -0.2) is 17.7 Å². The number of rotatable bonds is 4. The molecule has 4 rings (SSSR count). The smallest absolute Gasteiger partial charge is 0.332 e. The normalized spacial score (nSPS) is 35.6. The number of carbonyl (C=O) groups is 1. The Bertz CT molecular complexity index is 334. The summed E-state index contributed by atoms with van der Waals surface area (Å²) in [5, 5.41) is 8.51. The van der Waals surface area contributed by atoms with Crippen molar-refractivity contribution < 1.29 is 14.7 Å². The summed E-state index contributed by atoms with van der Waals surface area (Å²) in [6.45, 7) is -0.268. The molecule has 4 aliphatic carbocycles. The fourth-order valence-electron chi connectivity index (χ4n) is 3.75. The van der Waals surface area contributed by atoms with E-state index in [2.05, 4.69) is 5.48 Å². The molecular weight excluding hydrogens is 206 g/mol. The van der Waals surface area contributed by atoms with Crippen LogP contribution in [0.4, 0.5) is 0 Å². The van der Waals surface area contributed by atoms with E-state index < -0.39 is 5.97 Å². The first kappa shape index (κ1) is 10.1. The van der Waals surface area contributed by atoms with E-state index >= 15 is 0 Å². The molecule has 0 radical (unpaired) electrons. The lowest BCUT2D eigenvalue weighted by Crippen LogP contribution is -2.39. The molecule has 88 valence electrons. The zero-order chi connectivity index (χ0) is 11.1. The molecule has 2 N–H and O–H groups in total. The van der Waals surface area contributed by atoms with E-state index in [0.29, 0.717) is 5.92 Å². The fourth-order valence-corrected chi connectivity index (χ4v) is 3.75. The van der Waals surface area contributed by atoms with Gasteiger partial charge in [0.2, 0.25) is 0 Å². The van der Waals surface area contributed by atoms with Gasteiger partial charge in [0, 0.05) is 11.6 Å². The monoisotopic (exact) mass is 223 g/mol. The first-order valence-corrected chi connectivity index (χ1v) is 6.04. The van der Waals surface area contributed by atoms with Crippen molar-refractivity contribution in [1.29, 1.82) is 0 Å². The van der Waals surface area contributed by atoms with Crippen molar-refractivity contribution in [3.8, 4) is 0 Å². The minimum Gasteiger partial charge on any atom is -0.479 e. The van der Waals surface area contributed by atoms with Gasteiger partial charge in [-0.05, 0) is 49.5 Å². The standard InChI is InChI=1S/C12H17NO3/c14-11(15)6-16-13-12-9-2-7-1-8(4-9)5-10(12)3-7/h7-9,13H,1-6H2,(H,14,15)/t7-,8+,9?. The third-order valence-corrected chi connectivity index (χ3v) is 4.14. The molecule has 2 fully saturated rings. The van der Waals surface area contributed by atoms with Gasteiger partial charge in [0.15, 0.2) is 6.61 Å². The number of hydrogen-bond acceptors (Lipinski definition) is 3. The van der Waals surface area contributed by atoms with E-state index in [0.717, 1.165) is 11.8 Å². The van der Waals surface area contributed by atoms with Crippen LogP contribution in [0.1, 0.15) is 32.1 Å². The van der Waals surface area contributed by atoms with Crippen LogP contribution in [0, 0.1) is 17.8 Å². The second-order valence-corrected chi connectivity index (χ2v) is 5.35. The first-order valence-electron chi connectivity index (χ1n) is 6.04. The lowest BCUT2D eigenvalue weighted by molar-refractivity contribution is -0.144. The predicted octanol–water partition coefficient (Wildman–Crippen LogP) is 1.69. The summed E-state index contributed by atoms with van der Waals surface area (Å²) in [6.07, 6.45) is 6.33.